The molecule has 1 aliphatic rings. The molecule has 10 heteroatoms. The van der Waals surface area contributed by atoms with Crippen LogP contribution in [-0.4, -0.2) is 54.5 Å². The number of hydrogen-bond donors (Lipinski definition) is 1. The van der Waals surface area contributed by atoms with Crippen molar-refractivity contribution in [2.75, 3.05) is 20.8 Å². The summed E-state index contributed by atoms with van der Waals surface area (Å²) in [6.07, 6.45) is 4.48. The van der Waals surface area contributed by atoms with E-state index in [0.717, 1.165) is 31.2 Å². The smallest absolute Gasteiger partial charge is 0.311 e. The van der Waals surface area contributed by atoms with Gasteiger partial charge in [0.05, 0.1) is 19.1 Å². The van der Waals surface area contributed by atoms with Crippen LogP contribution in [0, 0.1) is 10.1 Å². The average molecular weight is 500 g/mol. The molecule has 2 aromatic rings. The first-order valence-electron chi connectivity index (χ1n) is 12.0. The molecule has 0 aromatic heterocycles. The van der Waals surface area contributed by atoms with Crippen molar-refractivity contribution in [1.82, 2.24) is 10.2 Å². The van der Waals surface area contributed by atoms with Crippen molar-refractivity contribution in [3.05, 3.63) is 58.1 Å². The summed E-state index contributed by atoms with van der Waals surface area (Å²) in [5.41, 5.74) is 0.609. The van der Waals surface area contributed by atoms with Crippen LogP contribution < -0.4 is 19.5 Å². The zero-order valence-corrected chi connectivity index (χ0v) is 20.9. The van der Waals surface area contributed by atoms with E-state index in [1.165, 1.54) is 30.2 Å². The van der Waals surface area contributed by atoms with Gasteiger partial charge in [0.15, 0.2) is 6.61 Å². The Balaban J connectivity index is 1.79. The first-order chi connectivity index (χ1) is 17.4. The van der Waals surface area contributed by atoms with Crippen LogP contribution >= 0.6 is 0 Å². The van der Waals surface area contributed by atoms with Crippen LogP contribution in [0.1, 0.15) is 44.6 Å². The summed E-state index contributed by atoms with van der Waals surface area (Å²) in [7, 11) is 2.89. The molecular weight excluding hydrogens is 466 g/mol. The Labute approximate surface area is 210 Å². The molecule has 2 aromatic carbocycles. The van der Waals surface area contributed by atoms with Gasteiger partial charge in [-0.3, -0.25) is 19.7 Å². The number of nitro groups is 1. The van der Waals surface area contributed by atoms with Gasteiger partial charge in [-0.05, 0) is 43.0 Å². The van der Waals surface area contributed by atoms with Gasteiger partial charge in [0.1, 0.15) is 17.5 Å². The summed E-state index contributed by atoms with van der Waals surface area (Å²) in [6.45, 7) is 1.71. The van der Waals surface area contributed by atoms with Crippen molar-refractivity contribution in [3.8, 4) is 17.2 Å². The Bertz CT molecular complexity index is 1070. The van der Waals surface area contributed by atoms with Gasteiger partial charge in [-0.15, -0.1) is 0 Å². The summed E-state index contributed by atoms with van der Waals surface area (Å²) in [4.78, 5) is 38.7. The molecule has 0 heterocycles. The third-order valence-corrected chi connectivity index (χ3v) is 6.28. The van der Waals surface area contributed by atoms with E-state index in [4.69, 9.17) is 14.2 Å². The average Bonchev–Trinajstić information content (AvgIpc) is 3.39. The number of carbonyl (C=O) groups is 2. The van der Waals surface area contributed by atoms with E-state index >= 15 is 0 Å². The van der Waals surface area contributed by atoms with Crippen LogP contribution in [0.5, 0.6) is 17.2 Å². The van der Waals surface area contributed by atoms with Gasteiger partial charge in [0.25, 0.3) is 5.91 Å². The normalized spacial score (nSPS) is 14.1. The largest absolute Gasteiger partial charge is 0.497 e. The zero-order chi connectivity index (χ0) is 26.1. The lowest BCUT2D eigenvalue weighted by atomic mass is 10.1. The molecule has 0 aliphatic heterocycles. The van der Waals surface area contributed by atoms with Gasteiger partial charge in [0.2, 0.25) is 11.7 Å². The van der Waals surface area contributed by atoms with Crippen molar-refractivity contribution < 1.29 is 28.7 Å². The third kappa shape index (κ3) is 6.87. The quantitative estimate of drug-likeness (QED) is 0.348. The molecule has 194 valence electrons. The predicted molar refractivity (Wildman–Crippen MR) is 133 cm³/mol. The number of amides is 2. The topological polar surface area (TPSA) is 120 Å². The van der Waals surface area contributed by atoms with Crippen molar-refractivity contribution in [2.24, 2.45) is 0 Å². The molecular formula is C26H33N3O7. The summed E-state index contributed by atoms with van der Waals surface area (Å²) < 4.78 is 16.0. The number of benzene rings is 2. The van der Waals surface area contributed by atoms with Gasteiger partial charge >= 0.3 is 5.69 Å². The van der Waals surface area contributed by atoms with Crippen molar-refractivity contribution in [2.45, 2.75) is 57.7 Å². The lowest BCUT2D eigenvalue weighted by molar-refractivity contribution is -0.385. The number of rotatable bonds is 12. The number of nitrogens with zero attached hydrogens (tertiary/aromatic N) is 2. The fourth-order valence-corrected chi connectivity index (χ4v) is 4.38. The molecule has 0 unspecified atom stereocenters. The zero-order valence-electron chi connectivity index (χ0n) is 20.9. The van der Waals surface area contributed by atoms with Crippen LogP contribution in [-0.2, 0) is 16.1 Å². The van der Waals surface area contributed by atoms with Gasteiger partial charge in [0, 0.05) is 24.7 Å². The maximum atomic E-state index is 13.4. The summed E-state index contributed by atoms with van der Waals surface area (Å²) >= 11 is 0. The van der Waals surface area contributed by atoms with Crippen LogP contribution in [0.15, 0.2) is 42.5 Å². The molecule has 1 saturated carbocycles. The number of methoxy groups -OCH3 is 2. The van der Waals surface area contributed by atoms with E-state index in [2.05, 4.69) is 5.32 Å². The molecule has 0 radical (unpaired) electrons. The minimum Gasteiger partial charge on any atom is -0.497 e. The van der Waals surface area contributed by atoms with Crippen LogP contribution in [0.2, 0.25) is 0 Å². The molecule has 1 aliphatic carbocycles. The standard InChI is InChI=1S/C26H33N3O7/c1-4-22(26(31)27-19-9-5-6-10-19)28(16-18-8-7-11-20(14-18)34-2)25(30)17-36-21-12-13-23(29(32)33)24(15-21)35-3/h7-8,11-15,19,22H,4-6,9-10,16-17H2,1-3H3,(H,27,31)/t22-/m1/s1. The monoisotopic (exact) mass is 499 g/mol. The Morgan fingerprint density at radius 3 is 2.50 bits per heavy atom. The Morgan fingerprint density at radius 2 is 1.86 bits per heavy atom. The molecule has 10 nitrogen and oxygen atoms in total. The van der Waals surface area contributed by atoms with Crippen LogP contribution in [0.25, 0.3) is 0 Å². The van der Waals surface area contributed by atoms with Gasteiger partial charge < -0.3 is 24.4 Å². The predicted octanol–water partition coefficient (Wildman–Crippen LogP) is 3.86. The fourth-order valence-electron chi connectivity index (χ4n) is 4.38. The fraction of sp³-hybridized carbons (Fsp3) is 0.462. The Hall–Kier alpha value is -3.82. The molecule has 36 heavy (non-hydrogen) atoms. The minimum atomic E-state index is -0.681. The lowest BCUT2D eigenvalue weighted by Gasteiger charge is -2.31. The molecule has 0 bridgehead atoms. The third-order valence-electron chi connectivity index (χ3n) is 6.28. The van der Waals surface area contributed by atoms with Crippen LogP contribution in [0.3, 0.4) is 0 Å². The molecule has 3 rings (SSSR count). The van der Waals surface area contributed by atoms with Crippen molar-refractivity contribution in [3.63, 3.8) is 0 Å². The van der Waals surface area contributed by atoms with Gasteiger partial charge in [-0.25, -0.2) is 0 Å². The van der Waals surface area contributed by atoms with Crippen LogP contribution in [0.4, 0.5) is 5.69 Å². The number of nitrogens with one attached hydrogen (secondary N) is 1. The van der Waals surface area contributed by atoms with E-state index < -0.39 is 11.0 Å². The maximum absolute atomic E-state index is 13.4. The molecule has 1 N–H and O–H groups in total. The first kappa shape index (κ1) is 26.8. The summed E-state index contributed by atoms with van der Waals surface area (Å²) in [5.74, 6) is 0.356. The first-order valence-corrected chi connectivity index (χ1v) is 12.0. The molecule has 0 spiro atoms. The molecule has 1 fully saturated rings. The molecule has 0 saturated heterocycles. The molecule has 2 amide bonds. The van der Waals surface area contributed by atoms with Crippen molar-refractivity contribution >= 4 is 17.5 Å². The maximum Gasteiger partial charge on any atom is 0.311 e. The summed E-state index contributed by atoms with van der Waals surface area (Å²) in [6, 6.07) is 10.8. The number of hydrogen-bond acceptors (Lipinski definition) is 7. The van der Waals surface area contributed by atoms with E-state index in [-0.39, 0.29) is 48.2 Å². The Morgan fingerprint density at radius 1 is 1.11 bits per heavy atom. The van der Waals surface area contributed by atoms with Gasteiger partial charge in [-0.1, -0.05) is 31.9 Å². The van der Waals surface area contributed by atoms with Gasteiger partial charge in [-0.2, -0.15) is 0 Å². The van der Waals surface area contributed by atoms with E-state index in [0.29, 0.717) is 12.2 Å². The highest BCUT2D eigenvalue weighted by molar-refractivity contribution is 5.88. The highest BCUT2D eigenvalue weighted by Crippen LogP contribution is 2.31. The van der Waals surface area contributed by atoms with E-state index in [9.17, 15) is 19.7 Å². The summed E-state index contributed by atoms with van der Waals surface area (Å²) in [5, 5.41) is 14.2. The minimum absolute atomic E-state index is 0.0283. The lowest BCUT2D eigenvalue weighted by Crippen LogP contribution is -2.52. The molecule has 1 atom stereocenters. The second-order valence-electron chi connectivity index (χ2n) is 8.67. The number of ether oxygens (including phenoxy) is 3. The van der Waals surface area contributed by atoms with E-state index in [1.807, 2.05) is 31.2 Å². The number of carbonyl (C=O) groups excluding carboxylic acids is 2. The highest BCUT2D eigenvalue weighted by Gasteiger charge is 2.31. The van der Waals surface area contributed by atoms with Crippen molar-refractivity contribution in [1.29, 1.82) is 0 Å². The number of nitro benzene ring substituents is 1. The second-order valence-corrected chi connectivity index (χ2v) is 8.67. The van der Waals surface area contributed by atoms with E-state index in [1.54, 1.807) is 7.11 Å². The Kier molecular flexibility index (Phi) is 9.49. The SMILES string of the molecule is CC[C@H](C(=O)NC1CCCC1)N(Cc1cccc(OC)c1)C(=O)COc1ccc([N+](=O)[O-])c(OC)c1. The highest BCUT2D eigenvalue weighted by atomic mass is 16.6. The second kappa shape index (κ2) is 12.8.